The number of rotatable bonds is 4. The molecule has 0 aliphatic carbocycles. The van der Waals surface area contributed by atoms with Gasteiger partial charge in [0.2, 0.25) is 0 Å². The monoisotopic (exact) mass is 303 g/mol. The van der Waals surface area contributed by atoms with E-state index in [4.69, 9.17) is 11.0 Å². The molecule has 0 saturated carbocycles. The van der Waals surface area contributed by atoms with E-state index in [0.29, 0.717) is 13.0 Å². The van der Waals surface area contributed by atoms with Gasteiger partial charge >= 0.3 is 0 Å². The van der Waals surface area contributed by atoms with Gasteiger partial charge in [0.05, 0.1) is 18.0 Å². The third kappa shape index (κ3) is 3.22. The Morgan fingerprint density at radius 1 is 1.17 bits per heavy atom. The first-order valence-corrected chi connectivity index (χ1v) is 7.40. The number of hydrogen-bond donors (Lipinski definition) is 2. The third-order valence-electron chi connectivity index (χ3n) is 3.68. The normalized spacial score (nSPS) is 10.4. The number of nitrogens with two attached hydrogens (primary N) is 1. The van der Waals surface area contributed by atoms with Crippen molar-refractivity contribution in [1.29, 1.82) is 5.26 Å². The predicted octanol–water partition coefficient (Wildman–Crippen LogP) is 3.51. The van der Waals surface area contributed by atoms with Crippen LogP contribution in [0, 0.1) is 18.3 Å². The number of aryl methyl sites for hydroxylation is 1. The van der Waals surface area contributed by atoms with Gasteiger partial charge in [0.1, 0.15) is 5.82 Å². The molecule has 5 nitrogen and oxygen atoms in total. The number of nitrogens with one attached hydrogen (secondary N) is 1. The van der Waals surface area contributed by atoms with E-state index in [-0.39, 0.29) is 0 Å². The van der Waals surface area contributed by atoms with E-state index in [1.54, 1.807) is 6.20 Å². The molecule has 0 spiro atoms. The Balaban J connectivity index is 1.95. The molecule has 3 aromatic rings. The van der Waals surface area contributed by atoms with Crippen LogP contribution in [0.2, 0.25) is 0 Å². The molecule has 5 heteroatoms. The SMILES string of the molecule is Cc1ccc(N)cc1-c1cnc2cc(NCCC#N)ncc2c1. The van der Waals surface area contributed by atoms with Gasteiger partial charge in [0.25, 0.3) is 0 Å². The summed E-state index contributed by atoms with van der Waals surface area (Å²) in [5.74, 6) is 0.730. The van der Waals surface area contributed by atoms with Gasteiger partial charge in [-0.05, 0) is 36.2 Å². The van der Waals surface area contributed by atoms with Crippen LogP contribution in [0.15, 0.2) is 42.7 Å². The molecular weight excluding hydrogens is 286 g/mol. The highest BCUT2D eigenvalue weighted by Crippen LogP contribution is 2.27. The Labute approximate surface area is 134 Å². The lowest BCUT2D eigenvalue weighted by Gasteiger charge is -2.09. The van der Waals surface area contributed by atoms with Crippen LogP contribution in [0.4, 0.5) is 11.5 Å². The van der Waals surface area contributed by atoms with Crippen LogP contribution in [-0.4, -0.2) is 16.5 Å². The first-order chi connectivity index (χ1) is 11.2. The fourth-order valence-electron chi connectivity index (χ4n) is 2.46. The van der Waals surface area contributed by atoms with Crippen molar-refractivity contribution in [3.05, 3.63) is 48.3 Å². The minimum atomic E-state index is 0.445. The van der Waals surface area contributed by atoms with Gasteiger partial charge in [-0.15, -0.1) is 0 Å². The van der Waals surface area contributed by atoms with Crippen LogP contribution in [0.5, 0.6) is 0 Å². The molecule has 0 atom stereocenters. The topological polar surface area (TPSA) is 87.6 Å². The van der Waals surface area contributed by atoms with E-state index in [1.807, 2.05) is 30.5 Å². The molecule has 0 unspecified atom stereocenters. The van der Waals surface area contributed by atoms with Crippen LogP contribution >= 0.6 is 0 Å². The van der Waals surface area contributed by atoms with Crippen molar-refractivity contribution < 1.29 is 0 Å². The van der Waals surface area contributed by atoms with Gasteiger partial charge in [0.15, 0.2) is 0 Å². The number of pyridine rings is 2. The maximum Gasteiger partial charge on any atom is 0.128 e. The molecule has 2 aromatic heterocycles. The van der Waals surface area contributed by atoms with Crippen LogP contribution in [0.1, 0.15) is 12.0 Å². The molecule has 2 heterocycles. The fourth-order valence-corrected chi connectivity index (χ4v) is 2.46. The van der Waals surface area contributed by atoms with Gasteiger partial charge in [-0.1, -0.05) is 6.07 Å². The molecular formula is C18H17N5. The van der Waals surface area contributed by atoms with Gasteiger partial charge in [-0.25, -0.2) is 4.98 Å². The van der Waals surface area contributed by atoms with Crippen molar-refractivity contribution in [3.8, 4) is 17.2 Å². The molecule has 0 radical (unpaired) electrons. The molecule has 0 bridgehead atoms. The van der Waals surface area contributed by atoms with Crippen molar-refractivity contribution in [3.63, 3.8) is 0 Å². The summed E-state index contributed by atoms with van der Waals surface area (Å²) in [4.78, 5) is 8.90. The fraction of sp³-hybridized carbons (Fsp3) is 0.167. The van der Waals surface area contributed by atoms with Gasteiger partial charge < -0.3 is 11.1 Å². The summed E-state index contributed by atoms with van der Waals surface area (Å²) in [6.07, 6.45) is 4.09. The summed E-state index contributed by atoms with van der Waals surface area (Å²) in [6.45, 7) is 2.63. The highest BCUT2D eigenvalue weighted by Gasteiger charge is 2.06. The minimum absolute atomic E-state index is 0.445. The first kappa shape index (κ1) is 14.8. The average molecular weight is 303 g/mol. The lowest BCUT2D eigenvalue weighted by Crippen LogP contribution is -2.02. The zero-order valence-corrected chi connectivity index (χ0v) is 12.9. The second-order valence-electron chi connectivity index (χ2n) is 5.40. The van der Waals surface area contributed by atoms with Crippen molar-refractivity contribution in [2.75, 3.05) is 17.6 Å². The second-order valence-corrected chi connectivity index (χ2v) is 5.40. The van der Waals surface area contributed by atoms with Crippen LogP contribution in [-0.2, 0) is 0 Å². The zero-order chi connectivity index (χ0) is 16.2. The quantitative estimate of drug-likeness (QED) is 0.569. The predicted molar refractivity (Wildman–Crippen MR) is 92.8 cm³/mol. The summed E-state index contributed by atoms with van der Waals surface area (Å²) in [5.41, 5.74) is 10.8. The lowest BCUT2D eigenvalue weighted by atomic mass is 10.0. The molecule has 0 fully saturated rings. The summed E-state index contributed by atoms with van der Waals surface area (Å²) in [7, 11) is 0. The van der Waals surface area contributed by atoms with Gasteiger partial charge in [-0.2, -0.15) is 5.26 Å². The highest BCUT2D eigenvalue weighted by molar-refractivity contribution is 5.85. The number of benzene rings is 1. The molecule has 1 aromatic carbocycles. The second kappa shape index (κ2) is 6.32. The van der Waals surface area contributed by atoms with Crippen molar-refractivity contribution in [2.45, 2.75) is 13.3 Å². The largest absolute Gasteiger partial charge is 0.399 e. The number of nitrogen functional groups attached to an aromatic ring is 1. The summed E-state index contributed by atoms with van der Waals surface area (Å²) in [6, 6.07) is 11.9. The Kier molecular flexibility index (Phi) is 4.07. The van der Waals surface area contributed by atoms with Crippen LogP contribution in [0.3, 0.4) is 0 Å². The standard InChI is InChI=1S/C18H17N5/c1-12-3-4-15(20)8-16(12)13-7-14-11-23-18(21-6-2-5-19)9-17(14)22-10-13/h3-4,7-11H,2,6,20H2,1H3,(H,21,23). The third-order valence-corrected chi connectivity index (χ3v) is 3.68. The molecule has 0 saturated heterocycles. The average Bonchev–Trinajstić information content (AvgIpc) is 2.57. The van der Waals surface area contributed by atoms with E-state index in [0.717, 1.165) is 39.1 Å². The number of nitrogens with zero attached hydrogens (tertiary/aromatic N) is 3. The van der Waals surface area contributed by atoms with E-state index < -0.39 is 0 Å². The summed E-state index contributed by atoms with van der Waals surface area (Å²) < 4.78 is 0. The number of aromatic nitrogens is 2. The summed E-state index contributed by atoms with van der Waals surface area (Å²) >= 11 is 0. The Hall–Kier alpha value is -3.13. The van der Waals surface area contributed by atoms with E-state index in [9.17, 15) is 0 Å². The van der Waals surface area contributed by atoms with Crippen molar-refractivity contribution in [2.24, 2.45) is 0 Å². The molecule has 0 aliphatic heterocycles. The zero-order valence-electron chi connectivity index (χ0n) is 12.9. The molecule has 0 amide bonds. The number of fused-ring (bicyclic) bond motifs is 1. The smallest absolute Gasteiger partial charge is 0.128 e. The number of anilines is 2. The minimum Gasteiger partial charge on any atom is -0.399 e. The van der Waals surface area contributed by atoms with Crippen molar-refractivity contribution >= 4 is 22.4 Å². The van der Waals surface area contributed by atoms with Crippen LogP contribution < -0.4 is 11.1 Å². The lowest BCUT2D eigenvalue weighted by molar-refractivity contribution is 1.06. The van der Waals surface area contributed by atoms with Crippen molar-refractivity contribution in [1.82, 2.24) is 9.97 Å². The van der Waals surface area contributed by atoms with Gasteiger partial charge in [0, 0.05) is 41.6 Å². The number of nitriles is 1. The molecule has 3 rings (SSSR count). The first-order valence-electron chi connectivity index (χ1n) is 7.40. The van der Waals surface area contributed by atoms with Gasteiger partial charge in [-0.3, -0.25) is 4.98 Å². The molecule has 0 aliphatic rings. The van der Waals surface area contributed by atoms with E-state index in [2.05, 4.69) is 34.3 Å². The summed E-state index contributed by atoms with van der Waals surface area (Å²) in [5, 5.41) is 12.6. The van der Waals surface area contributed by atoms with Crippen LogP contribution in [0.25, 0.3) is 22.0 Å². The Bertz CT molecular complexity index is 896. The van der Waals surface area contributed by atoms with E-state index in [1.165, 1.54) is 0 Å². The number of hydrogen-bond acceptors (Lipinski definition) is 5. The molecule has 3 N–H and O–H groups in total. The Morgan fingerprint density at radius 3 is 2.87 bits per heavy atom. The maximum atomic E-state index is 8.57. The molecule has 23 heavy (non-hydrogen) atoms. The maximum absolute atomic E-state index is 8.57. The van der Waals surface area contributed by atoms with E-state index >= 15 is 0 Å². The highest BCUT2D eigenvalue weighted by atomic mass is 15.0. The Morgan fingerprint density at radius 2 is 2.04 bits per heavy atom. The molecule has 114 valence electrons.